The normalized spacial score (nSPS) is 11.4. The summed E-state index contributed by atoms with van der Waals surface area (Å²) in [6.07, 6.45) is 4.27. The van der Waals surface area contributed by atoms with Crippen LogP contribution in [0, 0.1) is 0 Å². The van der Waals surface area contributed by atoms with Crippen molar-refractivity contribution in [3.05, 3.63) is 60.4 Å². The van der Waals surface area contributed by atoms with Gasteiger partial charge in [0.15, 0.2) is 0 Å². The average Bonchev–Trinajstić information content (AvgIpc) is 2.65. The maximum Gasteiger partial charge on any atom is 0.242 e. The number of pyridine rings is 1. The molecule has 1 heterocycles. The molecule has 0 spiro atoms. The Balaban J connectivity index is 1.61. The number of hydrogen-bond acceptors (Lipinski definition) is 4. The second kappa shape index (κ2) is 10.1. The molecule has 0 aliphatic heterocycles. The Kier molecular flexibility index (Phi) is 7.43. The van der Waals surface area contributed by atoms with Gasteiger partial charge in [-0.1, -0.05) is 24.3 Å². The molecule has 0 aliphatic carbocycles. The standard InChI is InChI=1S/C19H23N3O3/c1-15(19(24)21-14-16-7-5-11-20-13-16)22-18(23)10-6-12-25-17-8-3-2-4-9-17/h2-5,7-9,11,13,15H,6,10,12,14H2,1H3,(H,21,24)(H,22,23)/t15-/m0/s1. The van der Waals surface area contributed by atoms with Gasteiger partial charge in [0, 0.05) is 25.4 Å². The van der Waals surface area contributed by atoms with E-state index >= 15 is 0 Å². The summed E-state index contributed by atoms with van der Waals surface area (Å²) < 4.78 is 5.53. The van der Waals surface area contributed by atoms with Crippen molar-refractivity contribution < 1.29 is 14.3 Å². The molecule has 2 N–H and O–H groups in total. The van der Waals surface area contributed by atoms with Crippen LogP contribution in [0.15, 0.2) is 54.9 Å². The Hall–Kier alpha value is -2.89. The fourth-order valence-electron chi connectivity index (χ4n) is 2.16. The third-order valence-electron chi connectivity index (χ3n) is 3.52. The van der Waals surface area contributed by atoms with Crippen LogP contribution in [0.25, 0.3) is 0 Å². The van der Waals surface area contributed by atoms with E-state index in [1.54, 1.807) is 19.3 Å². The molecule has 0 bridgehead atoms. The van der Waals surface area contributed by atoms with E-state index in [1.807, 2.05) is 42.5 Å². The number of nitrogens with one attached hydrogen (secondary N) is 2. The maximum absolute atomic E-state index is 12.0. The molecule has 0 radical (unpaired) electrons. The van der Waals surface area contributed by atoms with Gasteiger partial charge in [-0.2, -0.15) is 0 Å². The van der Waals surface area contributed by atoms with Gasteiger partial charge in [-0.25, -0.2) is 0 Å². The molecule has 2 rings (SSSR count). The van der Waals surface area contributed by atoms with E-state index in [1.165, 1.54) is 0 Å². The van der Waals surface area contributed by atoms with Crippen LogP contribution in [0.1, 0.15) is 25.3 Å². The second-order valence-corrected chi connectivity index (χ2v) is 5.63. The van der Waals surface area contributed by atoms with Gasteiger partial charge in [0.25, 0.3) is 0 Å². The summed E-state index contributed by atoms with van der Waals surface area (Å²) in [7, 11) is 0. The van der Waals surface area contributed by atoms with Gasteiger partial charge >= 0.3 is 0 Å². The summed E-state index contributed by atoms with van der Waals surface area (Å²) in [5.41, 5.74) is 0.910. The van der Waals surface area contributed by atoms with Crippen LogP contribution >= 0.6 is 0 Å². The molecule has 0 saturated carbocycles. The number of rotatable bonds is 9. The minimum Gasteiger partial charge on any atom is -0.494 e. The van der Waals surface area contributed by atoms with Crippen molar-refractivity contribution in [3.8, 4) is 5.75 Å². The highest BCUT2D eigenvalue weighted by molar-refractivity contribution is 5.87. The molecular weight excluding hydrogens is 318 g/mol. The van der Waals surface area contributed by atoms with Crippen molar-refractivity contribution in [2.45, 2.75) is 32.4 Å². The minimum absolute atomic E-state index is 0.166. The zero-order chi connectivity index (χ0) is 17.9. The molecular formula is C19H23N3O3. The Labute approximate surface area is 147 Å². The Bertz CT molecular complexity index is 662. The van der Waals surface area contributed by atoms with Crippen molar-refractivity contribution in [2.75, 3.05) is 6.61 Å². The van der Waals surface area contributed by atoms with Gasteiger partial charge in [0.2, 0.25) is 11.8 Å². The molecule has 0 saturated heterocycles. The van der Waals surface area contributed by atoms with Crippen molar-refractivity contribution in [1.29, 1.82) is 0 Å². The van der Waals surface area contributed by atoms with Crippen molar-refractivity contribution in [1.82, 2.24) is 15.6 Å². The molecule has 0 aliphatic rings. The van der Waals surface area contributed by atoms with E-state index in [0.717, 1.165) is 11.3 Å². The molecule has 2 aromatic rings. The quantitative estimate of drug-likeness (QED) is 0.684. The summed E-state index contributed by atoms with van der Waals surface area (Å²) in [5, 5.41) is 5.47. The number of hydrogen-bond donors (Lipinski definition) is 2. The van der Waals surface area contributed by atoms with Crippen LogP contribution in [-0.2, 0) is 16.1 Å². The number of para-hydroxylation sites is 1. The number of benzene rings is 1. The predicted molar refractivity (Wildman–Crippen MR) is 94.9 cm³/mol. The van der Waals surface area contributed by atoms with Crippen molar-refractivity contribution >= 4 is 11.8 Å². The predicted octanol–water partition coefficient (Wildman–Crippen LogP) is 2.06. The zero-order valence-electron chi connectivity index (χ0n) is 14.3. The van der Waals surface area contributed by atoms with E-state index in [2.05, 4.69) is 15.6 Å². The van der Waals surface area contributed by atoms with E-state index < -0.39 is 6.04 Å². The summed E-state index contributed by atoms with van der Waals surface area (Å²) in [6, 6.07) is 12.6. The Morgan fingerprint density at radius 2 is 1.96 bits per heavy atom. The molecule has 132 valence electrons. The first kappa shape index (κ1) is 18.4. The van der Waals surface area contributed by atoms with Gasteiger partial charge < -0.3 is 15.4 Å². The van der Waals surface area contributed by atoms with Gasteiger partial charge in [-0.15, -0.1) is 0 Å². The molecule has 2 amide bonds. The number of amides is 2. The number of aromatic nitrogens is 1. The average molecular weight is 341 g/mol. The SMILES string of the molecule is C[C@H](NC(=O)CCCOc1ccccc1)C(=O)NCc1cccnc1. The van der Waals surface area contributed by atoms with E-state index in [-0.39, 0.29) is 11.8 Å². The van der Waals surface area contributed by atoms with E-state index in [9.17, 15) is 9.59 Å². The van der Waals surface area contributed by atoms with Gasteiger partial charge in [0.1, 0.15) is 11.8 Å². The fraction of sp³-hybridized carbons (Fsp3) is 0.316. The molecule has 1 aromatic heterocycles. The van der Waals surface area contributed by atoms with Gasteiger partial charge in [0.05, 0.1) is 6.61 Å². The topological polar surface area (TPSA) is 80.3 Å². The van der Waals surface area contributed by atoms with Crippen LogP contribution in [0.5, 0.6) is 5.75 Å². The number of nitrogens with zero attached hydrogens (tertiary/aromatic N) is 1. The summed E-state index contributed by atoms with van der Waals surface area (Å²) in [6.45, 7) is 2.51. The van der Waals surface area contributed by atoms with Crippen molar-refractivity contribution in [3.63, 3.8) is 0 Å². The number of carbonyl (C=O) groups excluding carboxylic acids is 2. The van der Waals surface area contributed by atoms with Crippen LogP contribution in [0.4, 0.5) is 0 Å². The van der Waals surface area contributed by atoms with Crippen molar-refractivity contribution in [2.24, 2.45) is 0 Å². The highest BCUT2D eigenvalue weighted by Gasteiger charge is 2.15. The third kappa shape index (κ3) is 7.03. The smallest absolute Gasteiger partial charge is 0.242 e. The first-order valence-corrected chi connectivity index (χ1v) is 8.29. The van der Waals surface area contributed by atoms with Gasteiger partial charge in [-0.3, -0.25) is 14.6 Å². The lowest BCUT2D eigenvalue weighted by molar-refractivity contribution is -0.128. The van der Waals surface area contributed by atoms with Crippen LogP contribution in [0.3, 0.4) is 0 Å². The molecule has 0 fully saturated rings. The molecule has 25 heavy (non-hydrogen) atoms. The summed E-state index contributed by atoms with van der Waals surface area (Å²) in [5.74, 6) is 0.393. The first-order valence-electron chi connectivity index (χ1n) is 8.29. The third-order valence-corrected chi connectivity index (χ3v) is 3.52. The zero-order valence-corrected chi connectivity index (χ0v) is 14.3. The number of carbonyl (C=O) groups is 2. The van der Waals surface area contributed by atoms with E-state index in [0.29, 0.717) is 26.0 Å². The molecule has 0 unspecified atom stereocenters. The second-order valence-electron chi connectivity index (χ2n) is 5.63. The highest BCUT2D eigenvalue weighted by Crippen LogP contribution is 2.08. The largest absolute Gasteiger partial charge is 0.494 e. The number of ether oxygens (including phenoxy) is 1. The fourth-order valence-corrected chi connectivity index (χ4v) is 2.16. The first-order chi connectivity index (χ1) is 12.1. The van der Waals surface area contributed by atoms with E-state index in [4.69, 9.17) is 4.74 Å². The van der Waals surface area contributed by atoms with Crippen LogP contribution in [0.2, 0.25) is 0 Å². The summed E-state index contributed by atoms with van der Waals surface area (Å²) in [4.78, 5) is 27.9. The van der Waals surface area contributed by atoms with Crippen LogP contribution < -0.4 is 15.4 Å². The molecule has 6 nitrogen and oxygen atoms in total. The summed E-state index contributed by atoms with van der Waals surface area (Å²) >= 11 is 0. The molecule has 1 aromatic carbocycles. The monoisotopic (exact) mass is 341 g/mol. The maximum atomic E-state index is 12.0. The Morgan fingerprint density at radius 1 is 1.16 bits per heavy atom. The van der Waals surface area contributed by atoms with Crippen LogP contribution in [-0.4, -0.2) is 29.4 Å². The van der Waals surface area contributed by atoms with Gasteiger partial charge in [-0.05, 0) is 37.1 Å². The minimum atomic E-state index is -0.584. The Morgan fingerprint density at radius 3 is 2.68 bits per heavy atom. The molecule has 6 heteroatoms. The lowest BCUT2D eigenvalue weighted by Gasteiger charge is -2.14. The lowest BCUT2D eigenvalue weighted by Crippen LogP contribution is -2.44. The lowest BCUT2D eigenvalue weighted by atomic mass is 10.2. The molecule has 1 atom stereocenters. The highest BCUT2D eigenvalue weighted by atomic mass is 16.5.